The topological polar surface area (TPSA) is 77.4 Å². The number of hydrogen-bond donors (Lipinski definition) is 3. The van der Waals surface area contributed by atoms with Crippen LogP contribution in [0.4, 0.5) is 10.5 Å². The number of nitrogens with two attached hydrogens (primary N) is 1. The predicted octanol–water partition coefficient (Wildman–Crippen LogP) is 2.42. The van der Waals surface area contributed by atoms with E-state index in [4.69, 9.17) is 5.73 Å². The fourth-order valence-electron chi connectivity index (χ4n) is 4.41. The van der Waals surface area contributed by atoms with E-state index < -0.39 is 0 Å². The third-order valence-corrected chi connectivity index (χ3v) is 5.78. The van der Waals surface area contributed by atoms with Crippen molar-refractivity contribution < 1.29 is 4.79 Å². The summed E-state index contributed by atoms with van der Waals surface area (Å²) in [5.74, 6) is 0. The minimum absolute atomic E-state index is 0.00646. The molecular weight excluding hydrogens is 326 g/mol. The summed E-state index contributed by atoms with van der Waals surface area (Å²) in [5.41, 5.74) is 12.0. The van der Waals surface area contributed by atoms with E-state index in [0.29, 0.717) is 19.1 Å². The number of amides is 2. The smallest absolute Gasteiger partial charge is 0.317 e. The number of anilines is 1. The molecule has 2 aromatic rings. The predicted molar refractivity (Wildman–Crippen MR) is 106 cm³/mol. The van der Waals surface area contributed by atoms with E-state index in [0.717, 1.165) is 29.7 Å². The maximum absolute atomic E-state index is 12.5. The summed E-state index contributed by atoms with van der Waals surface area (Å²) in [6.45, 7) is 6.23. The highest BCUT2D eigenvalue weighted by molar-refractivity contribution is 6.02. The average molecular weight is 353 g/mol. The Morgan fingerprint density at radius 1 is 1.38 bits per heavy atom. The van der Waals surface area contributed by atoms with E-state index in [9.17, 15) is 4.79 Å². The second kappa shape index (κ2) is 6.36. The first-order valence-electron chi connectivity index (χ1n) is 9.39. The first kappa shape index (κ1) is 17.0. The van der Waals surface area contributed by atoms with Crippen LogP contribution in [0.5, 0.6) is 0 Å². The van der Waals surface area contributed by atoms with E-state index >= 15 is 0 Å². The van der Waals surface area contributed by atoms with Gasteiger partial charge in [-0.1, -0.05) is 6.08 Å². The van der Waals surface area contributed by atoms with Crippen molar-refractivity contribution in [1.82, 2.24) is 20.1 Å². The maximum atomic E-state index is 12.5. The number of H-pyrrole nitrogens is 1. The molecule has 0 saturated carbocycles. The molecule has 138 valence electrons. The summed E-state index contributed by atoms with van der Waals surface area (Å²) in [5, 5.41) is 4.41. The zero-order chi connectivity index (χ0) is 18.4. The Bertz CT molecular complexity index is 880. The molecular formula is C20H27N5O. The maximum Gasteiger partial charge on any atom is 0.317 e. The molecule has 0 spiro atoms. The van der Waals surface area contributed by atoms with Crippen LogP contribution in [-0.2, 0) is 6.42 Å². The van der Waals surface area contributed by atoms with E-state index in [1.807, 2.05) is 30.9 Å². The monoisotopic (exact) mass is 353 g/mol. The van der Waals surface area contributed by atoms with Crippen LogP contribution >= 0.6 is 0 Å². The van der Waals surface area contributed by atoms with Gasteiger partial charge in [0.2, 0.25) is 0 Å². The lowest BCUT2D eigenvalue weighted by Crippen LogP contribution is -2.52. The molecule has 26 heavy (non-hydrogen) atoms. The third-order valence-electron chi connectivity index (χ3n) is 5.78. The van der Waals surface area contributed by atoms with Crippen molar-refractivity contribution in [2.75, 3.05) is 32.4 Å². The van der Waals surface area contributed by atoms with Gasteiger partial charge in [0, 0.05) is 54.0 Å². The molecule has 1 aliphatic heterocycles. The van der Waals surface area contributed by atoms with Crippen molar-refractivity contribution in [2.24, 2.45) is 0 Å². The Morgan fingerprint density at radius 2 is 2.15 bits per heavy atom. The number of likely N-dealkylation sites (N-methyl/N-ethyl adjacent to an activating group) is 1. The summed E-state index contributed by atoms with van der Waals surface area (Å²) in [7, 11) is 2.13. The lowest BCUT2D eigenvalue weighted by molar-refractivity contribution is 0.193. The van der Waals surface area contributed by atoms with Crippen molar-refractivity contribution in [3.05, 3.63) is 35.5 Å². The molecule has 0 fully saturated rings. The van der Waals surface area contributed by atoms with Crippen LogP contribution in [0.15, 0.2) is 24.4 Å². The number of nitrogen functional groups attached to an aromatic ring is 1. The lowest BCUT2D eigenvalue weighted by Gasteiger charge is -2.40. The molecule has 4 N–H and O–H groups in total. The Hall–Kier alpha value is -2.47. The van der Waals surface area contributed by atoms with Gasteiger partial charge in [0.15, 0.2) is 0 Å². The van der Waals surface area contributed by atoms with E-state index in [-0.39, 0.29) is 12.1 Å². The van der Waals surface area contributed by atoms with Crippen LogP contribution in [-0.4, -0.2) is 59.6 Å². The standard InChI is InChI=1S/C20H27N5O/c1-4-25(5-2)20(26)23-13-9-14-17(24(3)11-13)8-12-10-22-16-7-6-15(21)19(14)18(12)16/h6-7,9-10,13,17,22H,4-5,8,11,21H2,1-3H3,(H,23,26)/t13-,17+/m0/s1. The summed E-state index contributed by atoms with van der Waals surface area (Å²) >= 11 is 0. The fraction of sp³-hybridized carbons (Fsp3) is 0.450. The molecule has 1 aromatic carbocycles. The molecule has 2 amide bonds. The molecule has 0 saturated heterocycles. The van der Waals surface area contributed by atoms with Gasteiger partial charge in [-0.05, 0) is 50.6 Å². The summed E-state index contributed by atoms with van der Waals surface area (Å²) in [6.07, 6.45) is 5.29. The van der Waals surface area contributed by atoms with Gasteiger partial charge >= 0.3 is 6.03 Å². The highest BCUT2D eigenvalue weighted by Crippen LogP contribution is 2.42. The average Bonchev–Trinajstić information content (AvgIpc) is 3.02. The SMILES string of the molecule is CCN(CC)C(=O)N[C@H]1C=C2c3c(N)ccc4[nH]cc(c34)C[C@H]2N(C)C1. The Balaban J connectivity index is 1.73. The van der Waals surface area contributed by atoms with Crippen molar-refractivity contribution in [3.8, 4) is 0 Å². The largest absolute Gasteiger partial charge is 0.398 e. The molecule has 0 unspecified atom stereocenters. The molecule has 4 rings (SSSR count). The van der Waals surface area contributed by atoms with Crippen LogP contribution < -0.4 is 11.1 Å². The Kier molecular flexibility index (Phi) is 4.15. The van der Waals surface area contributed by atoms with Crippen LogP contribution in [0, 0.1) is 0 Å². The number of hydrogen-bond acceptors (Lipinski definition) is 3. The minimum atomic E-state index is -0.0190. The van der Waals surface area contributed by atoms with Crippen molar-refractivity contribution >= 4 is 28.2 Å². The molecule has 2 heterocycles. The van der Waals surface area contributed by atoms with Crippen LogP contribution in [0.3, 0.4) is 0 Å². The molecule has 1 aromatic heterocycles. The van der Waals surface area contributed by atoms with Crippen molar-refractivity contribution in [3.63, 3.8) is 0 Å². The van der Waals surface area contributed by atoms with Gasteiger partial charge in [0.25, 0.3) is 0 Å². The molecule has 0 radical (unpaired) electrons. The minimum Gasteiger partial charge on any atom is -0.398 e. The Morgan fingerprint density at radius 3 is 2.88 bits per heavy atom. The second-order valence-electron chi connectivity index (χ2n) is 7.28. The number of rotatable bonds is 3. The first-order chi connectivity index (χ1) is 12.5. The number of aromatic nitrogens is 1. The summed E-state index contributed by atoms with van der Waals surface area (Å²) < 4.78 is 0. The highest BCUT2D eigenvalue weighted by Gasteiger charge is 2.35. The number of fused-ring (bicyclic) bond motifs is 2. The van der Waals surface area contributed by atoms with E-state index in [1.165, 1.54) is 16.5 Å². The van der Waals surface area contributed by atoms with Crippen LogP contribution in [0.2, 0.25) is 0 Å². The third kappa shape index (κ3) is 2.56. The number of benzene rings is 1. The van der Waals surface area contributed by atoms with Gasteiger partial charge in [-0.3, -0.25) is 4.90 Å². The molecule has 0 bridgehead atoms. The van der Waals surface area contributed by atoms with E-state index in [2.05, 4.69) is 34.5 Å². The van der Waals surface area contributed by atoms with Gasteiger partial charge in [0.05, 0.1) is 6.04 Å². The number of nitrogens with one attached hydrogen (secondary N) is 2. The number of carbonyl (C=O) groups is 1. The number of nitrogens with zero attached hydrogens (tertiary/aromatic N) is 2. The van der Waals surface area contributed by atoms with Gasteiger partial charge < -0.3 is 20.9 Å². The summed E-state index contributed by atoms with van der Waals surface area (Å²) in [4.78, 5) is 20.0. The van der Waals surface area contributed by atoms with Gasteiger partial charge in [-0.2, -0.15) is 0 Å². The van der Waals surface area contributed by atoms with Crippen LogP contribution in [0.25, 0.3) is 16.5 Å². The molecule has 1 aliphatic carbocycles. The second-order valence-corrected chi connectivity index (χ2v) is 7.28. The molecule has 6 heteroatoms. The fourth-order valence-corrected chi connectivity index (χ4v) is 4.41. The normalized spacial score (nSPS) is 22.0. The number of carbonyl (C=O) groups excluding carboxylic acids is 1. The Labute approximate surface area is 154 Å². The molecule has 2 atom stereocenters. The van der Waals surface area contributed by atoms with Gasteiger partial charge in [0.1, 0.15) is 0 Å². The molecule has 2 aliphatic rings. The van der Waals surface area contributed by atoms with Crippen molar-refractivity contribution in [1.29, 1.82) is 0 Å². The number of urea groups is 1. The zero-order valence-electron chi connectivity index (χ0n) is 15.7. The summed E-state index contributed by atoms with van der Waals surface area (Å²) in [6, 6.07) is 4.29. The van der Waals surface area contributed by atoms with Crippen molar-refractivity contribution in [2.45, 2.75) is 32.4 Å². The van der Waals surface area contributed by atoms with E-state index in [1.54, 1.807) is 0 Å². The van der Waals surface area contributed by atoms with Crippen LogP contribution in [0.1, 0.15) is 25.0 Å². The quantitative estimate of drug-likeness (QED) is 0.742. The highest BCUT2D eigenvalue weighted by atomic mass is 16.2. The van der Waals surface area contributed by atoms with Gasteiger partial charge in [-0.15, -0.1) is 0 Å². The number of aromatic amines is 1. The lowest BCUT2D eigenvalue weighted by atomic mass is 9.80. The van der Waals surface area contributed by atoms with Gasteiger partial charge in [-0.25, -0.2) is 4.79 Å². The zero-order valence-corrected chi connectivity index (χ0v) is 15.7. The first-order valence-corrected chi connectivity index (χ1v) is 9.39. The molecule has 6 nitrogen and oxygen atoms in total.